The van der Waals surface area contributed by atoms with Crippen molar-refractivity contribution in [2.75, 3.05) is 59.4 Å². The summed E-state index contributed by atoms with van der Waals surface area (Å²) in [5, 5.41) is 5.66. The number of piperidine rings is 2. The number of nitrogens with zero attached hydrogens (tertiary/aromatic N) is 6. The van der Waals surface area contributed by atoms with Gasteiger partial charge in [0, 0.05) is 76.2 Å². The number of fused-ring (bicyclic) bond motifs is 2. The molecule has 324 valence electrons. The highest BCUT2D eigenvalue weighted by molar-refractivity contribution is 6.04. The maximum Gasteiger partial charge on any atom is 0.307 e. The Balaban J connectivity index is 0.988. The molecule has 3 aliphatic heterocycles. The summed E-state index contributed by atoms with van der Waals surface area (Å²) < 4.78 is 7.27. The van der Waals surface area contributed by atoms with E-state index in [1.807, 2.05) is 41.1 Å². The predicted molar refractivity (Wildman–Crippen MR) is 236 cm³/mol. The number of hydrogen-bond donors (Lipinski definition) is 0. The number of aromatic nitrogens is 2. The van der Waals surface area contributed by atoms with Gasteiger partial charge in [-0.1, -0.05) is 75.8 Å². The zero-order valence-electron chi connectivity index (χ0n) is 36.5. The van der Waals surface area contributed by atoms with Crippen LogP contribution in [-0.2, 0) is 43.5 Å². The van der Waals surface area contributed by atoms with Gasteiger partial charge in [-0.2, -0.15) is 5.10 Å². The summed E-state index contributed by atoms with van der Waals surface area (Å²) >= 11 is 0. The van der Waals surface area contributed by atoms with E-state index in [1.54, 1.807) is 4.68 Å². The van der Waals surface area contributed by atoms with Crippen molar-refractivity contribution in [3.05, 3.63) is 70.4 Å². The standard InChI is InChI=1S/C49H68N6O5/c1-4-5-6-7-8-9-10-15-47(58)60-35-55-34-42-30-37(28-36(2)48(42)50-55)29-41(49(59)54-26-24-52(25-27-54)43-18-20-51(3)21-19-43)33-46(57)53-22-16-38(17-23-53)44-31-39-13-11-12-14-40(39)32-45(44)56/h11-14,28,30-31,34,38,41,43H,4-10,15-27,29,32-33,35H2,1-3H3/t41-/m0/s1. The van der Waals surface area contributed by atoms with Gasteiger partial charge in [-0.15, -0.1) is 0 Å². The monoisotopic (exact) mass is 821 g/mol. The quantitative estimate of drug-likeness (QED) is 0.104. The minimum atomic E-state index is -0.497. The zero-order chi connectivity index (χ0) is 42.0. The molecule has 4 heterocycles. The number of amides is 2. The lowest BCUT2D eigenvalue weighted by molar-refractivity contribution is -0.148. The normalized spacial score (nSPS) is 19.1. The third-order valence-electron chi connectivity index (χ3n) is 13.7. The first-order valence-corrected chi connectivity index (χ1v) is 23.1. The molecule has 11 nitrogen and oxygen atoms in total. The second kappa shape index (κ2) is 21.0. The van der Waals surface area contributed by atoms with Gasteiger partial charge >= 0.3 is 5.97 Å². The van der Waals surface area contributed by atoms with E-state index in [9.17, 15) is 19.2 Å². The Bertz CT molecular complexity index is 1980. The van der Waals surface area contributed by atoms with E-state index in [2.05, 4.69) is 48.0 Å². The van der Waals surface area contributed by atoms with Gasteiger partial charge in [0.15, 0.2) is 12.5 Å². The molecule has 7 rings (SSSR count). The summed E-state index contributed by atoms with van der Waals surface area (Å²) in [4.78, 5) is 63.2. The maximum absolute atomic E-state index is 14.5. The Morgan fingerprint density at radius 1 is 0.850 bits per heavy atom. The van der Waals surface area contributed by atoms with Crippen molar-refractivity contribution >= 4 is 40.5 Å². The number of carbonyl (C=O) groups is 4. The fourth-order valence-electron chi connectivity index (χ4n) is 10.00. The summed E-state index contributed by atoms with van der Waals surface area (Å²) in [6.07, 6.45) is 17.3. The van der Waals surface area contributed by atoms with Gasteiger partial charge < -0.3 is 19.4 Å². The van der Waals surface area contributed by atoms with Crippen molar-refractivity contribution in [2.24, 2.45) is 11.8 Å². The first-order valence-electron chi connectivity index (χ1n) is 23.1. The minimum absolute atomic E-state index is 0.00925. The summed E-state index contributed by atoms with van der Waals surface area (Å²) in [5.41, 5.74) is 5.91. The van der Waals surface area contributed by atoms with Gasteiger partial charge in [0.1, 0.15) is 0 Å². The molecule has 11 heteroatoms. The topological polar surface area (TPSA) is 108 Å². The number of likely N-dealkylation sites (tertiary alicyclic amines) is 2. The van der Waals surface area contributed by atoms with E-state index in [4.69, 9.17) is 9.84 Å². The Morgan fingerprint density at radius 2 is 1.57 bits per heavy atom. The molecule has 3 saturated heterocycles. The average Bonchev–Trinajstić information content (AvgIpc) is 3.69. The van der Waals surface area contributed by atoms with E-state index in [-0.39, 0.29) is 42.6 Å². The number of allylic oxidation sites excluding steroid dienone is 1. The molecule has 2 amide bonds. The van der Waals surface area contributed by atoms with Crippen molar-refractivity contribution in [1.82, 2.24) is 29.4 Å². The Kier molecular flexibility index (Phi) is 15.3. The van der Waals surface area contributed by atoms with E-state index in [0.717, 1.165) is 110 Å². The van der Waals surface area contributed by atoms with Gasteiger partial charge in [0.2, 0.25) is 11.8 Å². The van der Waals surface area contributed by atoms with Crippen LogP contribution in [0.4, 0.5) is 0 Å². The van der Waals surface area contributed by atoms with Gasteiger partial charge in [0.25, 0.3) is 0 Å². The van der Waals surface area contributed by atoms with Gasteiger partial charge in [-0.05, 0) is 111 Å². The molecule has 4 aliphatic rings. The van der Waals surface area contributed by atoms with Gasteiger partial charge in [0.05, 0.1) is 11.4 Å². The molecule has 0 bridgehead atoms. The second-order valence-electron chi connectivity index (χ2n) is 18.1. The number of ketones is 1. The smallest absolute Gasteiger partial charge is 0.307 e. The van der Waals surface area contributed by atoms with Crippen LogP contribution in [0, 0.1) is 18.8 Å². The number of piperazine rings is 1. The van der Waals surface area contributed by atoms with E-state index < -0.39 is 5.92 Å². The van der Waals surface area contributed by atoms with Gasteiger partial charge in [-0.3, -0.25) is 24.1 Å². The molecule has 60 heavy (non-hydrogen) atoms. The van der Waals surface area contributed by atoms with E-state index >= 15 is 0 Å². The lowest BCUT2D eigenvalue weighted by Gasteiger charge is -2.43. The van der Waals surface area contributed by atoms with Crippen LogP contribution in [0.1, 0.15) is 113 Å². The Labute approximate surface area is 357 Å². The Hall–Kier alpha value is -4.35. The summed E-state index contributed by atoms with van der Waals surface area (Å²) in [5.74, 6) is -0.304. The summed E-state index contributed by atoms with van der Waals surface area (Å²) in [6.45, 7) is 10.8. The van der Waals surface area contributed by atoms with Crippen molar-refractivity contribution in [3.8, 4) is 0 Å². The third-order valence-corrected chi connectivity index (χ3v) is 13.7. The minimum Gasteiger partial charge on any atom is -0.442 e. The van der Waals surface area contributed by atoms with Crippen molar-refractivity contribution in [3.63, 3.8) is 0 Å². The first-order chi connectivity index (χ1) is 29.1. The molecule has 1 aliphatic carbocycles. The average molecular weight is 821 g/mol. The fraction of sp³-hybridized carbons (Fsp3) is 0.612. The summed E-state index contributed by atoms with van der Waals surface area (Å²) in [7, 11) is 2.19. The molecule has 2 aromatic carbocycles. The maximum atomic E-state index is 14.5. The van der Waals surface area contributed by atoms with Gasteiger partial charge in [-0.25, -0.2) is 4.68 Å². The fourth-order valence-corrected chi connectivity index (χ4v) is 10.00. The van der Waals surface area contributed by atoms with Crippen molar-refractivity contribution in [2.45, 2.75) is 123 Å². The van der Waals surface area contributed by atoms with E-state index in [1.165, 1.54) is 25.7 Å². The van der Waals surface area contributed by atoms with Crippen LogP contribution in [0.3, 0.4) is 0 Å². The Morgan fingerprint density at radius 3 is 2.32 bits per heavy atom. The molecule has 0 spiro atoms. The van der Waals surface area contributed by atoms with Crippen LogP contribution >= 0.6 is 0 Å². The molecule has 0 saturated carbocycles. The molecule has 3 fully saturated rings. The lowest BCUT2D eigenvalue weighted by atomic mass is 9.80. The van der Waals surface area contributed by atoms with E-state index in [0.29, 0.717) is 51.5 Å². The SMILES string of the molecule is CCCCCCCCCC(=O)OCn1cc2cc(C[C@@H](CC(=O)N3CCC(C4=Cc5ccccc5CC4=O)CC3)C(=O)N3CCN(C4CCN(C)CC4)CC3)cc(C)c2n1. The molecule has 0 radical (unpaired) electrons. The number of carbonyl (C=O) groups excluding carboxylic acids is 4. The number of benzene rings is 2. The van der Waals surface area contributed by atoms with Crippen LogP contribution in [-0.4, -0.2) is 118 Å². The molecular weight excluding hydrogens is 753 g/mol. The molecule has 0 unspecified atom stereocenters. The number of esters is 1. The first kappa shape index (κ1) is 43.7. The van der Waals surface area contributed by atoms with Crippen LogP contribution in [0.2, 0.25) is 0 Å². The highest BCUT2D eigenvalue weighted by atomic mass is 16.5. The molecule has 0 N–H and O–H groups in total. The molecular formula is C49H68N6O5. The third kappa shape index (κ3) is 11.3. The number of rotatable bonds is 17. The van der Waals surface area contributed by atoms with Crippen LogP contribution in [0.15, 0.2) is 48.2 Å². The number of unbranched alkanes of at least 4 members (excludes halogenated alkanes) is 6. The number of ether oxygens (including phenoxy) is 1. The van der Waals surface area contributed by atoms with Crippen LogP contribution in [0.5, 0.6) is 0 Å². The highest BCUT2D eigenvalue weighted by Gasteiger charge is 2.35. The summed E-state index contributed by atoms with van der Waals surface area (Å²) in [6, 6.07) is 12.8. The largest absolute Gasteiger partial charge is 0.442 e. The van der Waals surface area contributed by atoms with Crippen molar-refractivity contribution in [1.29, 1.82) is 0 Å². The van der Waals surface area contributed by atoms with Crippen LogP contribution < -0.4 is 0 Å². The second-order valence-corrected chi connectivity index (χ2v) is 18.1. The number of aryl methyl sites for hydroxylation is 1. The number of hydrogen-bond acceptors (Lipinski definition) is 8. The zero-order valence-corrected chi connectivity index (χ0v) is 36.5. The molecule has 1 aromatic heterocycles. The molecule has 1 atom stereocenters. The highest BCUT2D eigenvalue weighted by Crippen LogP contribution is 2.33. The lowest BCUT2D eigenvalue weighted by Crippen LogP contribution is -2.55. The van der Waals surface area contributed by atoms with Crippen LogP contribution in [0.25, 0.3) is 17.0 Å². The predicted octanol–water partition coefficient (Wildman–Crippen LogP) is 7.22. The van der Waals surface area contributed by atoms with Crippen molar-refractivity contribution < 1.29 is 23.9 Å². The molecule has 3 aromatic rings. The number of Topliss-reactive ketones (excluding diaryl/α,β-unsaturated/α-hetero) is 1.